The molecule has 1 heterocycles. The zero-order chi connectivity index (χ0) is 14.7. The van der Waals surface area contributed by atoms with E-state index in [1.54, 1.807) is 4.90 Å². The molecule has 1 aliphatic heterocycles. The van der Waals surface area contributed by atoms with Gasteiger partial charge in [0.2, 0.25) is 5.39 Å². The largest absolute Gasteiger partial charge is 0.386 e. The minimum Gasteiger partial charge on any atom is -0.336 e. The molecule has 8 heteroatoms. The van der Waals surface area contributed by atoms with Crippen LogP contribution in [0.15, 0.2) is 18.2 Å². The highest BCUT2D eigenvalue weighted by Gasteiger charge is 2.29. The Morgan fingerprint density at radius 1 is 1.35 bits per heavy atom. The minimum absolute atomic E-state index is 0.0464. The normalized spacial score (nSPS) is 15.7. The standard InChI is InChI=1S/C12H14N5O3/c1-15-4-6-16(7-5-15)12(18)10-8-9(14-13)2-3-11(10)17(19)20/h2-3,8H,4-7H2,1H3/q+1. The predicted molar refractivity (Wildman–Crippen MR) is 71.2 cm³/mol. The number of carbonyl (C=O) groups excluding carboxylic acids is 1. The molecule has 1 aliphatic rings. The summed E-state index contributed by atoms with van der Waals surface area (Å²) in [4.78, 5) is 29.4. The second-order valence-corrected chi connectivity index (χ2v) is 4.65. The third-order valence-electron chi connectivity index (χ3n) is 3.31. The van der Waals surface area contributed by atoms with Crippen LogP contribution in [0.4, 0.5) is 11.4 Å². The van der Waals surface area contributed by atoms with E-state index >= 15 is 0 Å². The lowest BCUT2D eigenvalue weighted by Gasteiger charge is -2.32. The van der Waals surface area contributed by atoms with Gasteiger partial charge < -0.3 is 9.80 Å². The summed E-state index contributed by atoms with van der Waals surface area (Å²) >= 11 is 0. The zero-order valence-corrected chi connectivity index (χ0v) is 11.0. The third kappa shape index (κ3) is 2.73. The van der Waals surface area contributed by atoms with Crippen molar-refractivity contribution in [3.05, 3.63) is 38.9 Å². The zero-order valence-electron chi connectivity index (χ0n) is 11.0. The summed E-state index contributed by atoms with van der Waals surface area (Å²) in [5.41, 5.74) is -0.204. The van der Waals surface area contributed by atoms with E-state index in [1.165, 1.54) is 18.2 Å². The highest BCUT2D eigenvalue weighted by Crippen LogP contribution is 2.26. The van der Waals surface area contributed by atoms with Gasteiger partial charge in [0.25, 0.3) is 11.6 Å². The SMILES string of the molecule is CN1CCN(C(=O)c2cc([N+]#N)ccc2[N+](=O)[O-])CC1. The topological polar surface area (TPSA) is 94.8 Å². The Morgan fingerprint density at radius 2 is 2.00 bits per heavy atom. The van der Waals surface area contributed by atoms with Crippen molar-refractivity contribution in [3.8, 4) is 0 Å². The molecule has 104 valence electrons. The summed E-state index contributed by atoms with van der Waals surface area (Å²) in [6.07, 6.45) is 0. The summed E-state index contributed by atoms with van der Waals surface area (Å²) in [7, 11) is 1.95. The lowest BCUT2D eigenvalue weighted by Crippen LogP contribution is -2.47. The van der Waals surface area contributed by atoms with Gasteiger partial charge in [-0.2, -0.15) is 0 Å². The number of piperazine rings is 1. The highest BCUT2D eigenvalue weighted by molar-refractivity contribution is 5.99. The van der Waals surface area contributed by atoms with E-state index < -0.39 is 10.8 Å². The Morgan fingerprint density at radius 3 is 2.55 bits per heavy atom. The van der Waals surface area contributed by atoms with Crippen LogP contribution in [0, 0.1) is 15.5 Å². The van der Waals surface area contributed by atoms with Crippen molar-refractivity contribution >= 4 is 17.3 Å². The van der Waals surface area contributed by atoms with Crippen molar-refractivity contribution in [3.63, 3.8) is 0 Å². The Labute approximate surface area is 115 Å². The molecule has 0 aromatic heterocycles. The first-order valence-electron chi connectivity index (χ1n) is 6.14. The fourth-order valence-corrected chi connectivity index (χ4v) is 2.10. The second kappa shape index (κ2) is 5.63. The second-order valence-electron chi connectivity index (χ2n) is 4.65. The molecular weight excluding hydrogens is 262 g/mol. The number of nitrogens with zero attached hydrogens (tertiary/aromatic N) is 5. The summed E-state index contributed by atoms with van der Waals surface area (Å²) in [5.74, 6) is -0.407. The van der Waals surface area contributed by atoms with Crippen molar-refractivity contribution in [1.29, 1.82) is 5.39 Å². The third-order valence-corrected chi connectivity index (χ3v) is 3.31. The monoisotopic (exact) mass is 276 g/mol. The van der Waals surface area contributed by atoms with Gasteiger partial charge in [0.1, 0.15) is 5.56 Å². The van der Waals surface area contributed by atoms with E-state index in [1.807, 2.05) is 7.05 Å². The smallest absolute Gasteiger partial charge is 0.336 e. The van der Waals surface area contributed by atoms with Crippen LogP contribution < -0.4 is 0 Å². The lowest BCUT2D eigenvalue weighted by atomic mass is 10.1. The van der Waals surface area contributed by atoms with E-state index in [-0.39, 0.29) is 16.9 Å². The number of carbonyl (C=O) groups is 1. The maximum Gasteiger partial charge on any atom is 0.386 e. The van der Waals surface area contributed by atoms with Gasteiger partial charge in [-0.15, -0.1) is 0 Å². The maximum atomic E-state index is 12.4. The Kier molecular flexibility index (Phi) is 3.91. The number of hydrogen-bond donors (Lipinski definition) is 0. The fourth-order valence-electron chi connectivity index (χ4n) is 2.10. The highest BCUT2D eigenvalue weighted by atomic mass is 16.6. The van der Waals surface area contributed by atoms with Gasteiger partial charge in [0.15, 0.2) is 4.98 Å². The number of diazo groups is 1. The molecule has 0 spiro atoms. The van der Waals surface area contributed by atoms with E-state index in [0.29, 0.717) is 13.1 Å². The molecule has 0 atom stereocenters. The van der Waals surface area contributed by atoms with Crippen LogP contribution in [0.5, 0.6) is 0 Å². The molecule has 8 nitrogen and oxygen atoms in total. The predicted octanol–water partition coefficient (Wildman–Crippen LogP) is 1.47. The van der Waals surface area contributed by atoms with Crippen LogP contribution in [-0.2, 0) is 0 Å². The molecular formula is C12H14N5O3+. The summed E-state index contributed by atoms with van der Waals surface area (Å²) in [5, 5.41) is 19.7. The van der Waals surface area contributed by atoms with Gasteiger partial charge in [0, 0.05) is 38.3 Å². The first-order valence-corrected chi connectivity index (χ1v) is 6.14. The first kappa shape index (κ1) is 13.9. The number of amides is 1. The van der Waals surface area contributed by atoms with Gasteiger partial charge in [-0.05, 0) is 7.05 Å². The molecule has 0 bridgehead atoms. The quantitative estimate of drug-likeness (QED) is 0.463. The van der Waals surface area contributed by atoms with Gasteiger partial charge in [-0.1, -0.05) is 0 Å². The number of benzene rings is 1. The summed E-state index contributed by atoms with van der Waals surface area (Å²) in [6, 6.07) is 3.70. The molecule has 1 saturated heterocycles. The molecule has 2 rings (SSSR count). The van der Waals surface area contributed by atoms with Crippen LogP contribution in [0.25, 0.3) is 4.98 Å². The van der Waals surface area contributed by atoms with Crippen LogP contribution >= 0.6 is 0 Å². The molecule has 1 fully saturated rings. The Hall–Kier alpha value is -2.53. The molecule has 20 heavy (non-hydrogen) atoms. The summed E-state index contributed by atoms with van der Waals surface area (Å²) < 4.78 is 0. The number of nitro benzene ring substituents is 1. The molecule has 1 aromatic rings. The van der Waals surface area contributed by atoms with Crippen molar-refractivity contribution in [2.75, 3.05) is 33.2 Å². The van der Waals surface area contributed by atoms with Gasteiger partial charge >= 0.3 is 5.69 Å². The average molecular weight is 276 g/mol. The molecule has 1 aromatic carbocycles. The minimum atomic E-state index is -0.607. The van der Waals surface area contributed by atoms with Crippen molar-refractivity contribution < 1.29 is 9.72 Å². The average Bonchev–Trinajstić information content (AvgIpc) is 2.46. The number of nitro groups is 1. The molecule has 0 N–H and O–H groups in total. The molecule has 0 unspecified atom stereocenters. The number of hydrogen-bond acceptors (Lipinski definition) is 5. The Balaban J connectivity index is 2.33. The summed E-state index contributed by atoms with van der Waals surface area (Å²) in [6.45, 7) is 2.49. The number of likely N-dealkylation sites (N-methyl/N-ethyl adjacent to an activating group) is 1. The van der Waals surface area contributed by atoms with Gasteiger partial charge in [0.05, 0.1) is 11.0 Å². The van der Waals surface area contributed by atoms with Crippen LogP contribution in [0.1, 0.15) is 10.4 Å². The van der Waals surface area contributed by atoms with Crippen molar-refractivity contribution in [2.45, 2.75) is 0 Å². The van der Waals surface area contributed by atoms with E-state index in [4.69, 9.17) is 5.39 Å². The van der Waals surface area contributed by atoms with Crippen LogP contribution in [0.3, 0.4) is 0 Å². The molecule has 0 radical (unpaired) electrons. The first-order chi connectivity index (χ1) is 9.52. The van der Waals surface area contributed by atoms with Gasteiger partial charge in [-0.25, -0.2) is 0 Å². The lowest BCUT2D eigenvalue weighted by molar-refractivity contribution is -0.385. The van der Waals surface area contributed by atoms with Gasteiger partial charge in [-0.3, -0.25) is 14.9 Å². The fraction of sp³-hybridized carbons (Fsp3) is 0.417. The molecule has 1 amide bonds. The maximum absolute atomic E-state index is 12.4. The van der Waals surface area contributed by atoms with E-state index in [2.05, 4.69) is 9.88 Å². The van der Waals surface area contributed by atoms with Crippen LogP contribution in [0.2, 0.25) is 0 Å². The molecule has 0 aliphatic carbocycles. The van der Waals surface area contributed by atoms with Crippen molar-refractivity contribution in [2.24, 2.45) is 0 Å². The molecule has 0 saturated carbocycles. The Bertz CT molecular complexity index is 587. The van der Waals surface area contributed by atoms with E-state index in [9.17, 15) is 14.9 Å². The van der Waals surface area contributed by atoms with E-state index in [0.717, 1.165) is 13.1 Å². The van der Waals surface area contributed by atoms with Crippen molar-refractivity contribution in [1.82, 2.24) is 9.80 Å². The van der Waals surface area contributed by atoms with Crippen LogP contribution in [-0.4, -0.2) is 53.9 Å². The number of rotatable bonds is 2.